The molecule has 1 fully saturated rings. The molecule has 0 aromatic heterocycles. The largest absolute Gasteiger partial charge is 0.394 e. The molecule has 2 unspecified atom stereocenters. The van der Waals surface area contributed by atoms with Crippen molar-refractivity contribution in [2.75, 3.05) is 6.61 Å². The van der Waals surface area contributed by atoms with Gasteiger partial charge in [-0.3, -0.25) is 0 Å². The Morgan fingerprint density at radius 1 is 1.30 bits per heavy atom. The fourth-order valence-corrected chi connectivity index (χ4v) is 2.49. The molecule has 0 heterocycles. The second-order valence-electron chi connectivity index (χ2n) is 5.70. The van der Waals surface area contributed by atoms with Gasteiger partial charge in [0.2, 0.25) is 0 Å². The summed E-state index contributed by atoms with van der Waals surface area (Å²) in [5.74, 6) is 0.718. The van der Waals surface area contributed by atoms with E-state index in [4.69, 9.17) is 5.11 Å². The molecule has 2 atom stereocenters. The zero-order chi connectivity index (χ0) is 14.4. The molecule has 0 saturated heterocycles. The minimum absolute atomic E-state index is 0.0485. The van der Waals surface area contributed by atoms with Crippen LogP contribution in [0.4, 0.5) is 4.79 Å². The van der Waals surface area contributed by atoms with E-state index in [-0.39, 0.29) is 24.7 Å². The Kier molecular flexibility index (Phi) is 5.41. The third-order valence-corrected chi connectivity index (χ3v) is 3.95. The van der Waals surface area contributed by atoms with Crippen LogP contribution in [0.2, 0.25) is 0 Å². The van der Waals surface area contributed by atoms with Crippen LogP contribution in [0.1, 0.15) is 44.2 Å². The molecule has 110 valence electrons. The lowest BCUT2D eigenvalue weighted by Crippen LogP contribution is -2.44. The van der Waals surface area contributed by atoms with E-state index in [9.17, 15) is 4.79 Å². The van der Waals surface area contributed by atoms with E-state index in [0.29, 0.717) is 0 Å². The fraction of sp³-hybridized carbons (Fsp3) is 0.562. The first-order chi connectivity index (χ1) is 9.69. The normalized spacial score (nSPS) is 17.9. The van der Waals surface area contributed by atoms with Crippen LogP contribution < -0.4 is 10.6 Å². The summed E-state index contributed by atoms with van der Waals surface area (Å²) in [4.78, 5) is 12.0. The van der Waals surface area contributed by atoms with Crippen LogP contribution in [0.3, 0.4) is 0 Å². The summed E-state index contributed by atoms with van der Waals surface area (Å²) >= 11 is 0. The molecule has 4 heteroatoms. The first-order valence-corrected chi connectivity index (χ1v) is 7.42. The smallest absolute Gasteiger partial charge is 0.315 e. The van der Waals surface area contributed by atoms with Crippen LogP contribution in [0.25, 0.3) is 0 Å². The summed E-state index contributed by atoms with van der Waals surface area (Å²) in [6.07, 6.45) is 4.82. The summed E-state index contributed by atoms with van der Waals surface area (Å²) in [5.41, 5.74) is 1.14. The lowest BCUT2D eigenvalue weighted by atomic mass is 9.79. The molecule has 1 aromatic carbocycles. The molecule has 2 rings (SSSR count). The van der Waals surface area contributed by atoms with Gasteiger partial charge in [0.15, 0.2) is 0 Å². The van der Waals surface area contributed by atoms with Gasteiger partial charge in [-0.25, -0.2) is 4.79 Å². The number of aliphatic hydroxyl groups is 1. The number of hydrogen-bond acceptors (Lipinski definition) is 2. The molecule has 0 aliphatic heterocycles. The standard InChI is InChI=1S/C16H24N2O2/c1-12(11-19)17-16(20)18-15(10-13-6-5-7-13)14-8-3-2-4-9-14/h2-4,8-9,12-13,15,19H,5-7,10-11H2,1H3,(H2,17,18,20). The van der Waals surface area contributed by atoms with Crippen molar-refractivity contribution in [2.45, 2.75) is 44.7 Å². The zero-order valence-corrected chi connectivity index (χ0v) is 12.0. The highest BCUT2D eigenvalue weighted by atomic mass is 16.3. The van der Waals surface area contributed by atoms with Crippen molar-refractivity contribution in [2.24, 2.45) is 5.92 Å². The van der Waals surface area contributed by atoms with Crippen molar-refractivity contribution < 1.29 is 9.90 Å². The number of hydrogen-bond donors (Lipinski definition) is 3. The van der Waals surface area contributed by atoms with Gasteiger partial charge < -0.3 is 15.7 Å². The van der Waals surface area contributed by atoms with Gasteiger partial charge in [-0.15, -0.1) is 0 Å². The number of rotatable bonds is 6. The molecular weight excluding hydrogens is 252 g/mol. The Morgan fingerprint density at radius 2 is 2.00 bits per heavy atom. The van der Waals surface area contributed by atoms with Gasteiger partial charge in [0.25, 0.3) is 0 Å². The van der Waals surface area contributed by atoms with Crippen LogP contribution >= 0.6 is 0 Å². The molecule has 3 N–H and O–H groups in total. The van der Waals surface area contributed by atoms with Gasteiger partial charge in [0.1, 0.15) is 0 Å². The fourth-order valence-electron chi connectivity index (χ4n) is 2.49. The lowest BCUT2D eigenvalue weighted by molar-refractivity contribution is 0.210. The van der Waals surface area contributed by atoms with Gasteiger partial charge in [0, 0.05) is 0 Å². The van der Waals surface area contributed by atoms with E-state index in [1.165, 1.54) is 19.3 Å². The number of nitrogens with one attached hydrogen (secondary N) is 2. The Morgan fingerprint density at radius 3 is 2.55 bits per heavy atom. The van der Waals surface area contributed by atoms with Gasteiger partial charge >= 0.3 is 6.03 Å². The molecule has 1 aliphatic carbocycles. The molecule has 1 aliphatic rings. The number of carbonyl (C=O) groups is 1. The summed E-state index contributed by atoms with van der Waals surface area (Å²) < 4.78 is 0. The Hall–Kier alpha value is -1.55. The molecule has 0 spiro atoms. The molecular formula is C16H24N2O2. The predicted octanol–water partition coefficient (Wildman–Crippen LogP) is 2.60. The van der Waals surface area contributed by atoms with E-state index in [0.717, 1.165) is 17.9 Å². The van der Waals surface area contributed by atoms with Crippen molar-refractivity contribution in [3.8, 4) is 0 Å². The second kappa shape index (κ2) is 7.29. The number of amides is 2. The molecule has 0 bridgehead atoms. The molecule has 1 saturated carbocycles. The zero-order valence-electron chi connectivity index (χ0n) is 12.0. The van der Waals surface area contributed by atoms with Crippen LogP contribution in [0, 0.1) is 5.92 Å². The summed E-state index contributed by atoms with van der Waals surface area (Å²) in [5, 5.41) is 14.8. The van der Waals surface area contributed by atoms with E-state index in [2.05, 4.69) is 22.8 Å². The maximum Gasteiger partial charge on any atom is 0.315 e. The number of urea groups is 1. The molecule has 2 amide bonds. The topological polar surface area (TPSA) is 61.4 Å². The van der Waals surface area contributed by atoms with Crippen LogP contribution in [0.5, 0.6) is 0 Å². The first-order valence-electron chi connectivity index (χ1n) is 7.42. The minimum atomic E-state index is -0.227. The molecule has 0 radical (unpaired) electrons. The Labute approximate surface area is 120 Å². The van der Waals surface area contributed by atoms with E-state index in [1.807, 2.05) is 18.2 Å². The van der Waals surface area contributed by atoms with Crippen molar-refractivity contribution in [3.63, 3.8) is 0 Å². The highest BCUT2D eigenvalue weighted by molar-refractivity contribution is 5.74. The molecule has 4 nitrogen and oxygen atoms in total. The maximum absolute atomic E-state index is 12.0. The quantitative estimate of drug-likeness (QED) is 0.748. The Balaban J connectivity index is 1.97. The van der Waals surface area contributed by atoms with Crippen LogP contribution in [0.15, 0.2) is 30.3 Å². The van der Waals surface area contributed by atoms with Gasteiger partial charge in [-0.05, 0) is 24.8 Å². The van der Waals surface area contributed by atoms with E-state index in [1.54, 1.807) is 6.92 Å². The Bertz CT molecular complexity index is 418. The first kappa shape index (κ1) is 14.9. The van der Waals surface area contributed by atoms with Crippen LogP contribution in [-0.4, -0.2) is 23.8 Å². The number of carbonyl (C=O) groups excluding carboxylic acids is 1. The maximum atomic E-state index is 12.0. The van der Waals surface area contributed by atoms with E-state index < -0.39 is 0 Å². The number of benzene rings is 1. The van der Waals surface area contributed by atoms with E-state index >= 15 is 0 Å². The molecule has 20 heavy (non-hydrogen) atoms. The van der Waals surface area contributed by atoms with Gasteiger partial charge in [0.05, 0.1) is 18.7 Å². The summed E-state index contributed by atoms with van der Waals surface area (Å²) in [7, 11) is 0. The highest BCUT2D eigenvalue weighted by Crippen LogP contribution is 2.34. The van der Waals surface area contributed by atoms with Crippen molar-refractivity contribution in [1.29, 1.82) is 0 Å². The van der Waals surface area contributed by atoms with Gasteiger partial charge in [-0.1, -0.05) is 49.6 Å². The third kappa shape index (κ3) is 4.23. The van der Waals surface area contributed by atoms with Crippen molar-refractivity contribution in [1.82, 2.24) is 10.6 Å². The van der Waals surface area contributed by atoms with Crippen molar-refractivity contribution >= 4 is 6.03 Å². The summed E-state index contributed by atoms with van der Waals surface area (Å²) in [6.45, 7) is 1.73. The SMILES string of the molecule is CC(CO)NC(=O)NC(CC1CCC1)c1ccccc1. The van der Waals surface area contributed by atoms with Gasteiger partial charge in [-0.2, -0.15) is 0 Å². The highest BCUT2D eigenvalue weighted by Gasteiger charge is 2.24. The number of aliphatic hydroxyl groups excluding tert-OH is 1. The van der Waals surface area contributed by atoms with Crippen molar-refractivity contribution in [3.05, 3.63) is 35.9 Å². The summed E-state index contributed by atoms with van der Waals surface area (Å²) in [6, 6.07) is 9.70. The predicted molar refractivity (Wildman–Crippen MR) is 79.4 cm³/mol. The average Bonchev–Trinajstić information content (AvgIpc) is 2.42. The lowest BCUT2D eigenvalue weighted by Gasteiger charge is -2.30. The average molecular weight is 276 g/mol. The third-order valence-electron chi connectivity index (χ3n) is 3.95. The monoisotopic (exact) mass is 276 g/mol. The second-order valence-corrected chi connectivity index (χ2v) is 5.70. The van der Waals surface area contributed by atoms with Crippen LogP contribution in [-0.2, 0) is 0 Å². The molecule has 1 aromatic rings. The minimum Gasteiger partial charge on any atom is -0.394 e.